The van der Waals surface area contributed by atoms with Crippen LogP contribution in [0, 0.1) is 0 Å². The van der Waals surface area contributed by atoms with E-state index < -0.39 is 0 Å². The number of anilines is 1. The first kappa shape index (κ1) is 13.0. The molecule has 0 spiro atoms. The number of nitrogen functional groups attached to an aromatic ring is 1. The van der Waals surface area contributed by atoms with Gasteiger partial charge in [0.15, 0.2) is 0 Å². The number of hydrogen-bond donors (Lipinski definition) is 2. The molecule has 0 saturated heterocycles. The Hall–Kier alpha value is -1.48. The highest BCUT2D eigenvalue weighted by Gasteiger charge is 2.15. The molecule has 0 bridgehead atoms. The van der Waals surface area contributed by atoms with Gasteiger partial charge < -0.3 is 11.1 Å². The minimum atomic E-state index is -0.0459. The van der Waals surface area contributed by atoms with E-state index in [9.17, 15) is 4.79 Å². The molecule has 0 aliphatic heterocycles. The molecule has 3 nitrogen and oxygen atoms in total. The van der Waals surface area contributed by atoms with Crippen LogP contribution in [0.4, 0.5) is 5.69 Å². The summed E-state index contributed by atoms with van der Waals surface area (Å²) in [6.07, 6.45) is 7.89. The molecule has 2 rings (SSSR count). The lowest BCUT2D eigenvalue weighted by molar-refractivity contribution is -0.117. The Morgan fingerprint density at radius 2 is 2.11 bits per heavy atom. The number of nitrogens with two attached hydrogens (primary N) is 1. The average Bonchev–Trinajstić information content (AvgIpc) is 2.83. The maximum absolute atomic E-state index is 11.7. The highest BCUT2D eigenvalue weighted by molar-refractivity contribution is 6.33. The third-order valence-electron chi connectivity index (χ3n) is 3.15. The van der Waals surface area contributed by atoms with E-state index in [0.29, 0.717) is 16.8 Å². The smallest absolute Gasteiger partial charge is 0.244 e. The van der Waals surface area contributed by atoms with Gasteiger partial charge in [-0.2, -0.15) is 0 Å². The van der Waals surface area contributed by atoms with E-state index in [1.807, 2.05) is 6.07 Å². The van der Waals surface area contributed by atoms with Gasteiger partial charge >= 0.3 is 0 Å². The number of nitrogens with one attached hydrogen (secondary N) is 1. The molecule has 0 heterocycles. The average molecular weight is 265 g/mol. The van der Waals surface area contributed by atoms with Gasteiger partial charge in [0.25, 0.3) is 0 Å². The summed E-state index contributed by atoms with van der Waals surface area (Å²) in [5.41, 5.74) is 7.09. The van der Waals surface area contributed by atoms with Crippen LogP contribution < -0.4 is 11.1 Å². The van der Waals surface area contributed by atoms with Gasteiger partial charge in [-0.05, 0) is 36.6 Å². The lowest BCUT2D eigenvalue weighted by atomic mass is 10.2. The number of carbonyl (C=O) groups excluding carboxylic acids is 1. The van der Waals surface area contributed by atoms with Crippen molar-refractivity contribution in [1.82, 2.24) is 5.32 Å². The third kappa shape index (κ3) is 3.50. The van der Waals surface area contributed by atoms with Crippen molar-refractivity contribution in [3.63, 3.8) is 0 Å². The van der Waals surface area contributed by atoms with Crippen molar-refractivity contribution in [1.29, 1.82) is 0 Å². The third-order valence-corrected chi connectivity index (χ3v) is 3.49. The maximum Gasteiger partial charge on any atom is 0.244 e. The molecule has 18 heavy (non-hydrogen) atoms. The van der Waals surface area contributed by atoms with E-state index in [1.165, 1.54) is 12.8 Å². The fourth-order valence-corrected chi connectivity index (χ4v) is 2.27. The summed E-state index contributed by atoms with van der Waals surface area (Å²) >= 11 is 5.83. The quantitative estimate of drug-likeness (QED) is 0.651. The second-order valence-electron chi connectivity index (χ2n) is 4.60. The molecule has 96 valence electrons. The summed E-state index contributed by atoms with van der Waals surface area (Å²) < 4.78 is 0. The van der Waals surface area contributed by atoms with Gasteiger partial charge in [0, 0.05) is 12.1 Å². The Kier molecular flexibility index (Phi) is 4.26. The van der Waals surface area contributed by atoms with Crippen LogP contribution in [0.3, 0.4) is 0 Å². The number of benzene rings is 1. The molecular weight excluding hydrogens is 248 g/mol. The standard InChI is InChI=1S/C14H17ClN2O/c15-12-7-5-10(9-13(12)16)6-8-14(18)17-11-3-1-2-4-11/h5-9,11H,1-4,16H2,(H,17,18)/b8-6+. The molecule has 0 aromatic heterocycles. The first-order chi connectivity index (χ1) is 8.65. The van der Waals surface area contributed by atoms with E-state index in [1.54, 1.807) is 24.3 Å². The summed E-state index contributed by atoms with van der Waals surface area (Å²) in [4.78, 5) is 11.7. The van der Waals surface area contributed by atoms with E-state index in [0.717, 1.165) is 18.4 Å². The van der Waals surface area contributed by atoms with Crippen molar-refractivity contribution < 1.29 is 4.79 Å². The van der Waals surface area contributed by atoms with E-state index in [-0.39, 0.29) is 5.91 Å². The monoisotopic (exact) mass is 264 g/mol. The van der Waals surface area contributed by atoms with Gasteiger partial charge in [0.05, 0.1) is 10.7 Å². The minimum Gasteiger partial charge on any atom is -0.398 e. The van der Waals surface area contributed by atoms with E-state index >= 15 is 0 Å². The summed E-state index contributed by atoms with van der Waals surface area (Å²) in [5.74, 6) is -0.0459. The summed E-state index contributed by atoms with van der Waals surface area (Å²) in [6, 6.07) is 5.66. The fraction of sp³-hybridized carbons (Fsp3) is 0.357. The van der Waals surface area contributed by atoms with Crippen LogP contribution in [0.1, 0.15) is 31.2 Å². The number of hydrogen-bond acceptors (Lipinski definition) is 2. The molecule has 0 radical (unpaired) electrons. The van der Waals surface area contributed by atoms with Gasteiger partial charge in [-0.1, -0.05) is 30.5 Å². The Balaban J connectivity index is 1.92. The summed E-state index contributed by atoms with van der Waals surface area (Å²) in [7, 11) is 0. The minimum absolute atomic E-state index is 0.0459. The Morgan fingerprint density at radius 1 is 1.39 bits per heavy atom. The van der Waals surface area contributed by atoms with Crippen molar-refractivity contribution in [2.75, 3.05) is 5.73 Å². The molecule has 1 fully saturated rings. The Labute approximate surface area is 112 Å². The molecule has 1 aliphatic carbocycles. The fourth-order valence-electron chi connectivity index (χ4n) is 2.16. The molecule has 0 unspecified atom stereocenters. The predicted molar refractivity (Wildman–Crippen MR) is 75.3 cm³/mol. The SMILES string of the molecule is Nc1cc(/C=C/C(=O)NC2CCCC2)ccc1Cl. The van der Waals surface area contributed by atoms with Crippen LogP contribution in [-0.4, -0.2) is 11.9 Å². The number of rotatable bonds is 3. The van der Waals surface area contributed by atoms with Gasteiger partial charge in [-0.25, -0.2) is 0 Å². The maximum atomic E-state index is 11.7. The zero-order valence-electron chi connectivity index (χ0n) is 10.2. The second-order valence-corrected chi connectivity index (χ2v) is 5.01. The Morgan fingerprint density at radius 3 is 2.78 bits per heavy atom. The van der Waals surface area contributed by atoms with Gasteiger partial charge in [-0.3, -0.25) is 4.79 Å². The topological polar surface area (TPSA) is 55.1 Å². The van der Waals surface area contributed by atoms with Crippen LogP contribution in [0.5, 0.6) is 0 Å². The lowest BCUT2D eigenvalue weighted by Gasteiger charge is -2.09. The predicted octanol–water partition coefficient (Wildman–Crippen LogP) is 2.99. The highest BCUT2D eigenvalue weighted by atomic mass is 35.5. The molecule has 0 atom stereocenters. The summed E-state index contributed by atoms with van der Waals surface area (Å²) in [6.45, 7) is 0. The van der Waals surface area contributed by atoms with Crippen molar-refractivity contribution >= 4 is 29.3 Å². The zero-order chi connectivity index (χ0) is 13.0. The molecule has 4 heteroatoms. The van der Waals surface area contributed by atoms with Gasteiger partial charge in [0.1, 0.15) is 0 Å². The van der Waals surface area contributed by atoms with Gasteiger partial charge in [0.2, 0.25) is 5.91 Å². The molecule has 1 aliphatic rings. The van der Waals surface area contributed by atoms with Crippen LogP contribution in [0.15, 0.2) is 24.3 Å². The normalized spacial score (nSPS) is 16.3. The highest BCUT2D eigenvalue weighted by Crippen LogP contribution is 2.20. The van der Waals surface area contributed by atoms with Crippen molar-refractivity contribution in [2.45, 2.75) is 31.7 Å². The first-order valence-corrected chi connectivity index (χ1v) is 6.56. The first-order valence-electron chi connectivity index (χ1n) is 6.19. The van der Waals surface area contributed by atoms with Crippen molar-refractivity contribution in [2.24, 2.45) is 0 Å². The molecule has 1 amide bonds. The number of carbonyl (C=O) groups is 1. The molecule has 1 saturated carbocycles. The van der Waals surface area contributed by atoms with Gasteiger partial charge in [-0.15, -0.1) is 0 Å². The molecule has 1 aromatic rings. The van der Waals surface area contributed by atoms with Crippen LogP contribution in [0.2, 0.25) is 5.02 Å². The Bertz CT molecular complexity index is 465. The second kappa shape index (κ2) is 5.91. The van der Waals surface area contributed by atoms with E-state index in [2.05, 4.69) is 5.32 Å². The largest absolute Gasteiger partial charge is 0.398 e. The van der Waals surface area contributed by atoms with Crippen molar-refractivity contribution in [3.8, 4) is 0 Å². The molecule has 1 aromatic carbocycles. The molecule has 3 N–H and O–H groups in total. The molecular formula is C14H17ClN2O. The summed E-state index contributed by atoms with van der Waals surface area (Å²) in [5, 5.41) is 3.52. The number of amides is 1. The number of halogens is 1. The lowest BCUT2D eigenvalue weighted by Crippen LogP contribution is -2.30. The zero-order valence-corrected chi connectivity index (χ0v) is 10.9. The van der Waals surface area contributed by atoms with Crippen LogP contribution in [-0.2, 0) is 4.79 Å². The van der Waals surface area contributed by atoms with Crippen LogP contribution >= 0.6 is 11.6 Å². The van der Waals surface area contributed by atoms with E-state index in [4.69, 9.17) is 17.3 Å². The van der Waals surface area contributed by atoms with Crippen LogP contribution in [0.25, 0.3) is 6.08 Å². The van der Waals surface area contributed by atoms with Crippen molar-refractivity contribution in [3.05, 3.63) is 34.9 Å².